The van der Waals surface area contributed by atoms with Crippen LogP contribution in [-0.2, 0) is 20.9 Å². The first-order chi connectivity index (χ1) is 16.5. The van der Waals surface area contributed by atoms with Crippen LogP contribution in [0.4, 0.5) is 4.79 Å². The van der Waals surface area contributed by atoms with Crippen LogP contribution in [0.2, 0.25) is 0 Å². The fourth-order valence-electron chi connectivity index (χ4n) is 5.35. The van der Waals surface area contributed by atoms with E-state index in [2.05, 4.69) is 0 Å². The number of hydrogen-bond acceptors (Lipinski definition) is 5. The third-order valence-corrected chi connectivity index (χ3v) is 8.42. The van der Waals surface area contributed by atoms with Gasteiger partial charge in [0.05, 0.1) is 13.2 Å². The first kappa shape index (κ1) is 23.3. The molecule has 4 aliphatic rings. The van der Waals surface area contributed by atoms with Crippen LogP contribution in [0.15, 0.2) is 35.7 Å². The molecule has 4 amide bonds. The average molecular weight is 483 g/mol. The molecule has 0 aromatic heterocycles. The van der Waals surface area contributed by atoms with Crippen LogP contribution in [0.1, 0.15) is 36.8 Å². The molecule has 1 unspecified atom stereocenters. The second kappa shape index (κ2) is 10.0. The number of aryl methyl sites for hydroxylation is 1. The molecule has 34 heavy (non-hydrogen) atoms. The summed E-state index contributed by atoms with van der Waals surface area (Å²) in [6.07, 6.45) is 5.27. The van der Waals surface area contributed by atoms with Crippen LogP contribution < -0.4 is 0 Å². The van der Waals surface area contributed by atoms with E-state index in [0.717, 1.165) is 37.0 Å². The second-order valence-corrected chi connectivity index (χ2v) is 10.7. The van der Waals surface area contributed by atoms with Crippen LogP contribution >= 0.6 is 11.8 Å². The number of rotatable bonds is 5. The van der Waals surface area contributed by atoms with Gasteiger partial charge >= 0.3 is 11.9 Å². The smallest absolute Gasteiger partial charge is 0.378 e. The number of amides is 4. The molecule has 3 heterocycles. The SMILES string of the molecule is Cc1ccc(C[N+]2=C3C=CSC3C(=O)N(CC3CCC(C(=O)N4CCOCC4)CC3)C2=O)cc1. The lowest BCUT2D eigenvalue weighted by Crippen LogP contribution is -2.56. The molecule has 1 aromatic carbocycles. The number of carbonyl (C=O) groups is 3. The molecule has 1 atom stereocenters. The fraction of sp³-hybridized carbons (Fsp3) is 0.538. The van der Waals surface area contributed by atoms with E-state index >= 15 is 0 Å². The third kappa shape index (κ3) is 4.70. The standard InChI is InChI=1S/C26H32N3O4S/c1-18-2-4-19(5-3-18)16-28-22-10-15-34-23(22)25(31)29(26(28)32)17-20-6-8-21(9-7-20)24(30)27-11-13-33-14-12-27/h2-5,10,15,20-21,23H,6-9,11-14,16-17H2,1H3/q+1. The Kier molecular flexibility index (Phi) is 6.88. The lowest BCUT2D eigenvalue weighted by Gasteiger charge is -2.34. The van der Waals surface area contributed by atoms with Crippen molar-refractivity contribution in [1.82, 2.24) is 9.80 Å². The van der Waals surface area contributed by atoms with E-state index < -0.39 is 0 Å². The molecular weight excluding hydrogens is 450 g/mol. The minimum absolute atomic E-state index is 0.0506. The van der Waals surface area contributed by atoms with Crippen molar-refractivity contribution in [1.29, 1.82) is 0 Å². The fourth-order valence-corrected chi connectivity index (χ4v) is 6.31. The van der Waals surface area contributed by atoms with Crippen molar-refractivity contribution in [3.8, 4) is 0 Å². The molecule has 0 N–H and O–H groups in total. The van der Waals surface area contributed by atoms with Gasteiger partial charge in [0, 0.05) is 19.0 Å². The lowest BCUT2D eigenvalue weighted by molar-refractivity contribution is -0.454. The van der Waals surface area contributed by atoms with Crippen LogP contribution in [0.3, 0.4) is 0 Å². The number of hydrogen-bond donors (Lipinski definition) is 0. The first-order valence-electron chi connectivity index (χ1n) is 12.2. The maximum Gasteiger partial charge on any atom is 0.501 e. The predicted octanol–water partition coefficient (Wildman–Crippen LogP) is 3.21. The molecule has 7 nitrogen and oxygen atoms in total. The molecule has 1 aliphatic carbocycles. The van der Waals surface area contributed by atoms with E-state index in [0.29, 0.717) is 39.4 Å². The number of allylic oxidation sites excluding steroid dienone is 1. The summed E-state index contributed by atoms with van der Waals surface area (Å²) in [6, 6.07) is 7.94. The Hall–Kier alpha value is -2.45. The summed E-state index contributed by atoms with van der Waals surface area (Å²) < 4.78 is 7.13. The Morgan fingerprint density at radius 1 is 1.09 bits per heavy atom. The van der Waals surface area contributed by atoms with Gasteiger partial charge in [-0.05, 0) is 55.6 Å². The number of carbonyl (C=O) groups excluding carboxylic acids is 3. The molecule has 1 saturated carbocycles. The highest BCUT2D eigenvalue weighted by Crippen LogP contribution is 2.33. The van der Waals surface area contributed by atoms with Gasteiger partial charge in [-0.2, -0.15) is 14.3 Å². The summed E-state index contributed by atoms with van der Waals surface area (Å²) in [4.78, 5) is 43.0. The zero-order valence-corrected chi connectivity index (χ0v) is 20.5. The van der Waals surface area contributed by atoms with Crippen molar-refractivity contribution in [3.63, 3.8) is 0 Å². The van der Waals surface area contributed by atoms with Gasteiger partial charge in [-0.3, -0.25) is 4.79 Å². The number of fused-ring (bicyclic) bond motifs is 1. The van der Waals surface area contributed by atoms with Crippen molar-refractivity contribution in [2.24, 2.45) is 11.8 Å². The van der Waals surface area contributed by atoms with Crippen molar-refractivity contribution in [2.75, 3.05) is 32.8 Å². The summed E-state index contributed by atoms with van der Waals surface area (Å²) in [6.45, 7) is 5.53. The van der Waals surface area contributed by atoms with Crippen LogP contribution in [0.5, 0.6) is 0 Å². The maximum absolute atomic E-state index is 13.5. The highest BCUT2D eigenvalue weighted by atomic mass is 32.2. The molecule has 1 saturated heterocycles. The largest absolute Gasteiger partial charge is 0.501 e. The van der Waals surface area contributed by atoms with E-state index in [1.807, 2.05) is 47.6 Å². The summed E-state index contributed by atoms with van der Waals surface area (Å²) in [7, 11) is 0. The number of thioether (sulfide) groups is 1. The number of morpholine rings is 1. The molecule has 8 heteroatoms. The molecule has 180 valence electrons. The monoisotopic (exact) mass is 482 g/mol. The van der Waals surface area contributed by atoms with E-state index in [1.54, 1.807) is 4.58 Å². The highest BCUT2D eigenvalue weighted by molar-refractivity contribution is 8.04. The van der Waals surface area contributed by atoms with E-state index in [4.69, 9.17) is 4.74 Å². The lowest BCUT2D eigenvalue weighted by atomic mass is 9.81. The van der Waals surface area contributed by atoms with E-state index in [9.17, 15) is 14.4 Å². The zero-order chi connectivity index (χ0) is 23.7. The molecule has 3 aliphatic heterocycles. The van der Waals surface area contributed by atoms with Gasteiger partial charge in [-0.1, -0.05) is 29.8 Å². The summed E-state index contributed by atoms with van der Waals surface area (Å²) in [5.41, 5.74) is 3.01. The number of urea groups is 1. The van der Waals surface area contributed by atoms with E-state index in [1.165, 1.54) is 22.2 Å². The van der Waals surface area contributed by atoms with Crippen LogP contribution in [-0.4, -0.2) is 76.0 Å². The number of imide groups is 1. The minimum atomic E-state index is -0.345. The third-order valence-electron chi connectivity index (χ3n) is 7.41. The summed E-state index contributed by atoms with van der Waals surface area (Å²) in [5.74, 6) is 0.420. The Balaban J connectivity index is 1.24. The minimum Gasteiger partial charge on any atom is -0.378 e. The summed E-state index contributed by atoms with van der Waals surface area (Å²) >= 11 is 1.48. The van der Waals surface area contributed by atoms with Gasteiger partial charge in [-0.25, -0.2) is 4.79 Å². The van der Waals surface area contributed by atoms with Crippen molar-refractivity contribution >= 4 is 35.3 Å². The molecule has 0 spiro atoms. The van der Waals surface area contributed by atoms with Gasteiger partial charge in [0.1, 0.15) is 18.8 Å². The zero-order valence-electron chi connectivity index (χ0n) is 19.7. The number of nitrogens with zero attached hydrogens (tertiary/aromatic N) is 3. The van der Waals surface area contributed by atoms with Crippen LogP contribution in [0, 0.1) is 18.8 Å². The molecule has 2 fully saturated rings. The number of ether oxygens (including phenoxy) is 1. The highest BCUT2D eigenvalue weighted by Gasteiger charge is 2.49. The van der Waals surface area contributed by atoms with Gasteiger partial charge in [0.25, 0.3) is 0 Å². The average Bonchev–Trinajstić information content (AvgIpc) is 3.36. The predicted molar refractivity (Wildman–Crippen MR) is 131 cm³/mol. The normalized spacial score (nSPS) is 27.4. The topological polar surface area (TPSA) is 69.9 Å². The van der Waals surface area contributed by atoms with Crippen LogP contribution in [0.25, 0.3) is 0 Å². The number of benzene rings is 1. The quantitative estimate of drug-likeness (QED) is 0.603. The molecular formula is C26H32N3O4S+. The van der Waals surface area contributed by atoms with Gasteiger partial charge in [-0.15, -0.1) is 11.8 Å². The Morgan fingerprint density at radius 3 is 2.50 bits per heavy atom. The van der Waals surface area contributed by atoms with Crippen molar-refractivity contribution in [3.05, 3.63) is 46.9 Å². The van der Waals surface area contributed by atoms with E-state index in [-0.39, 0.29) is 34.9 Å². The van der Waals surface area contributed by atoms with Gasteiger partial charge in [0.15, 0.2) is 5.25 Å². The van der Waals surface area contributed by atoms with Gasteiger partial charge in [0.2, 0.25) is 5.91 Å². The molecule has 1 aromatic rings. The van der Waals surface area contributed by atoms with Crippen molar-refractivity contribution < 1.29 is 23.7 Å². The molecule has 0 bridgehead atoms. The van der Waals surface area contributed by atoms with Crippen molar-refractivity contribution in [2.45, 2.75) is 44.4 Å². The second-order valence-electron chi connectivity index (χ2n) is 9.70. The molecule has 5 rings (SSSR count). The first-order valence-corrected chi connectivity index (χ1v) is 13.2. The Morgan fingerprint density at radius 2 is 1.79 bits per heavy atom. The summed E-state index contributed by atoms with van der Waals surface area (Å²) in [5, 5.41) is 1.57. The maximum atomic E-state index is 13.5. The Bertz CT molecular complexity index is 1020. The Labute approximate surface area is 204 Å². The molecule has 0 radical (unpaired) electrons. The van der Waals surface area contributed by atoms with Gasteiger partial charge < -0.3 is 9.64 Å².